The summed E-state index contributed by atoms with van der Waals surface area (Å²) in [6, 6.07) is -0.506. The maximum Gasteiger partial charge on any atom is 0.245 e. The van der Waals surface area contributed by atoms with Gasteiger partial charge in [0.15, 0.2) is 0 Å². The standard InChI is InChI=1S/C24H43N3O3/c1-7-17(2)21(25-23(30)24(4,5)6)22(29)26-14-15-27(18(3)16-26)20(28)13-12-19-10-8-9-11-19/h17-19,21H,7-16H2,1-6H3,(H,25,30). The summed E-state index contributed by atoms with van der Waals surface area (Å²) in [4.78, 5) is 42.4. The van der Waals surface area contributed by atoms with Gasteiger partial charge >= 0.3 is 0 Å². The van der Waals surface area contributed by atoms with Gasteiger partial charge in [0.25, 0.3) is 0 Å². The highest BCUT2D eigenvalue weighted by Crippen LogP contribution is 2.29. The van der Waals surface area contributed by atoms with Crippen LogP contribution in [0.2, 0.25) is 0 Å². The Morgan fingerprint density at radius 2 is 1.73 bits per heavy atom. The summed E-state index contributed by atoms with van der Waals surface area (Å²) in [7, 11) is 0. The van der Waals surface area contributed by atoms with Crippen LogP contribution in [0.5, 0.6) is 0 Å². The fourth-order valence-corrected chi connectivity index (χ4v) is 4.54. The van der Waals surface area contributed by atoms with Crippen LogP contribution in [0.1, 0.15) is 86.5 Å². The van der Waals surface area contributed by atoms with Crippen LogP contribution < -0.4 is 5.32 Å². The van der Waals surface area contributed by atoms with E-state index in [0.29, 0.717) is 26.1 Å². The molecule has 2 rings (SSSR count). The summed E-state index contributed by atoms with van der Waals surface area (Å²) in [5.74, 6) is 0.878. The Morgan fingerprint density at radius 3 is 2.27 bits per heavy atom. The number of carbonyl (C=O) groups is 3. The molecule has 1 saturated carbocycles. The normalized spacial score (nSPS) is 22.7. The molecule has 0 radical (unpaired) electrons. The number of piperazine rings is 1. The molecule has 3 atom stereocenters. The van der Waals surface area contributed by atoms with Crippen molar-refractivity contribution >= 4 is 17.7 Å². The summed E-state index contributed by atoms with van der Waals surface area (Å²) >= 11 is 0. The Balaban J connectivity index is 1.94. The number of carbonyl (C=O) groups excluding carboxylic acids is 3. The molecular weight excluding hydrogens is 378 g/mol. The molecule has 0 aromatic carbocycles. The Bertz CT molecular complexity index is 607. The zero-order valence-corrected chi connectivity index (χ0v) is 20.0. The third-order valence-electron chi connectivity index (χ3n) is 6.95. The van der Waals surface area contributed by atoms with Crippen LogP contribution in [0.25, 0.3) is 0 Å². The molecule has 30 heavy (non-hydrogen) atoms. The SMILES string of the molecule is CCC(C)C(NC(=O)C(C)(C)C)C(=O)N1CCN(C(=O)CCC2CCCC2)C(C)C1. The summed E-state index contributed by atoms with van der Waals surface area (Å²) in [6.45, 7) is 13.3. The van der Waals surface area contributed by atoms with E-state index in [0.717, 1.165) is 18.8 Å². The monoisotopic (exact) mass is 421 g/mol. The first kappa shape index (κ1) is 24.7. The van der Waals surface area contributed by atoms with Crippen LogP contribution in [-0.2, 0) is 14.4 Å². The summed E-state index contributed by atoms with van der Waals surface area (Å²) in [5, 5.41) is 2.99. The van der Waals surface area contributed by atoms with Gasteiger partial charge in [-0.3, -0.25) is 14.4 Å². The van der Waals surface area contributed by atoms with Gasteiger partial charge in [0, 0.05) is 37.5 Å². The molecule has 1 heterocycles. The Kier molecular flexibility index (Phi) is 8.74. The molecule has 6 nitrogen and oxygen atoms in total. The highest BCUT2D eigenvalue weighted by atomic mass is 16.2. The predicted octanol–water partition coefficient (Wildman–Crippen LogP) is 3.59. The lowest BCUT2D eigenvalue weighted by Crippen LogP contribution is -2.60. The van der Waals surface area contributed by atoms with E-state index < -0.39 is 11.5 Å². The topological polar surface area (TPSA) is 69.7 Å². The molecule has 0 aromatic rings. The maximum absolute atomic E-state index is 13.3. The first-order valence-electron chi connectivity index (χ1n) is 11.9. The van der Waals surface area contributed by atoms with Crippen molar-refractivity contribution < 1.29 is 14.4 Å². The van der Waals surface area contributed by atoms with Gasteiger partial charge in [-0.05, 0) is 25.2 Å². The lowest BCUT2D eigenvalue weighted by atomic mass is 9.92. The van der Waals surface area contributed by atoms with Gasteiger partial charge in [0.1, 0.15) is 6.04 Å². The second kappa shape index (κ2) is 10.6. The largest absolute Gasteiger partial charge is 0.344 e. The molecule has 3 unspecified atom stereocenters. The number of hydrogen-bond acceptors (Lipinski definition) is 3. The molecule has 2 aliphatic rings. The van der Waals surface area contributed by atoms with Crippen molar-refractivity contribution in [3.05, 3.63) is 0 Å². The van der Waals surface area contributed by atoms with Gasteiger partial charge in [-0.25, -0.2) is 0 Å². The molecule has 1 aliphatic heterocycles. The van der Waals surface area contributed by atoms with Crippen LogP contribution in [0.3, 0.4) is 0 Å². The first-order chi connectivity index (χ1) is 14.0. The van der Waals surface area contributed by atoms with Crippen LogP contribution >= 0.6 is 0 Å². The van der Waals surface area contributed by atoms with Crippen LogP contribution in [-0.4, -0.2) is 59.2 Å². The summed E-state index contributed by atoms with van der Waals surface area (Å²) in [6.07, 6.45) is 7.58. The van der Waals surface area contributed by atoms with Crippen molar-refractivity contribution in [3.8, 4) is 0 Å². The number of hydrogen-bond donors (Lipinski definition) is 1. The van der Waals surface area contributed by atoms with E-state index in [2.05, 4.69) is 5.32 Å². The lowest BCUT2D eigenvalue weighted by molar-refractivity contribution is -0.146. The number of nitrogens with one attached hydrogen (secondary N) is 1. The van der Waals surface area contributed by atoms with Crippen LogP contribution in [0.4, 0.5) is 0 Å². The van der Waals surface area contributed by atoms with Crippen LogP contribution in [0.15, 0.2) is 0 Å². The highest BCUT2D eigenvalue weighted by molar-refractivity contribution is 5.90. The van der Waals surface area contributed by atoms with Crippen molar-refractivity contribution in [2.24, 2.45) is 17.3 Å². The maximum atomic E-state index is 13.3. The third kappa shape index (κ3) is 6.45. The van der Waals surface area contributed by atoms with E-state index in [1.807, 2.05) is 51.3 Å². The molecule has 0 aromatic heterocycles. The highest BCUT2D eigenvalue weighted by Gasteiger charge is 2.36. The molecular formula is C24H43N3O3. The van der Waals surface area contributed by atoms with E-state index in [1.165, 1.54) is 25.7 Å². The third-order valence-corrected chi connectivity index (χ3v) is 6.95. The zero-order chi connectivity index (χ0) is 22.5. The van der Waals surface area contributed by atoms with Crippen molar-refractivity contribution in [2.75, 3.05) is 19.6 Å². The second-order valence-electron chi connectivity index (χ2n) is 10.5. The smallest absolute Gasteiger partial charge is 0.245 e. The average Bonchev–Trinajstić information content (AvgIpc) is 3.21. The minimum atomic E-state index is -0.538. The van der Waals surface area contributed by atoms with Gasteiger partial charge in [-0.15, -0.1) is 0 Å². The van der Waals surface area contributed by atoms with Crippen LogP contribution in [0, 0.1) is 17.3 Å². The van der Waals surface area contributed by atoms with Gasteiger partial charge in [0.2, 0.25) is 17.7 Å². The van der Waals surface area contributed by atoms with Gasteiger partial charge < -0.3 is 15.1 Å². The van der Waals surface area contributed by atoms with E-state index in [-0.39, 0.29) is 29.7 Å². The molecule has 172 valence electrons. The molecule has 6 heteroatoms. The number of rotatable bonds is 7. The Labute approximate surface area is 183 Å². The molecule has 0 bridgehead atoms. The van der Waals surface area contributed by atoms with E-state index >= 15 is 0 Å². The number of nitrogens with zero attached hydrogens (tertiary/aromatic N) is 2. The average molecular weight is 422 g/mol. The summed E-state index contributed by atoms with van der Waals surface area (Å²) in [5.41, 5.74) is -0.538. The molecule has 1 saturated heterocycles. The quantitative estimate of drug-likeness (QED) is 0.683. The predicted molar refractivity (Wildman–Crippen MR) is 120 cm³/mol. The molecule has 3 amide bonds. The van der Waals surface area contributed by atoms with Crippen molar-refractivity contribution in [2.45, 2.75) is 98.6 Å². The van der Waals surface area contributed by atoms with Gasteiger partial charge in [-0.1, -0.05) is 66.7 Å². The molecule has 1 N–H and O–H groups in total. The fourth-order valence-electron chi connectivity index (χ4n) is 4.54. The van der Waals surface area contributed by atoms with E-state index in [4.69, 9.17) is 0 Å². The Hall–Kier alpha value is -1.59. The molecule has 2 fully saturated rings. The lowest BCUT2D eigenvalue weighted by Gasteiger charge is -2.42. The van der Waals surface area contributed by atoms with Crippen molar-refractivity contribution in [1.29, 1.82) is 0 Å². The minimum Gasteiger partial charge on any atom is -0.344 e. The Morgan fingerprint density at radius 1 is 1.10 bits per heavy atom. The minimum absolute atomic E-state index is 0.00896. The van der Waals surface area contributed by atoms with E-state index in [9.17, 15) is 14.4 Å². The number of amides is 3. The fraction of sp³-hybridized carbons (Fsp3) is 0.875. The zero-order valence-electron chi connectivity index (χ0n) is 20.0. The molecule has 0 spiro atoms. The molecule has 1 aliphatic carbocycles. The van der Waals surface area contributed by atoms with E-state index in [1.54, 1.807) is 0 Å². The van der Waals surface area contributed by atoms with Crippen molar-refractivity contribution in [1.82, 2.24) is 15.1 Å². The second-order valence-corrected chi connectivity index (χ2v) is 10.5. The first-order valence-corrected chi connectivity index (χ1v) is 11.9. The summed E-state index contributed by atoms with van der Waals surface area (Å²) < 4.78 is 0. The van der Waals surface area contributed by atoms with Gasteiger partial charge in [0.05, 0.1) is 0 Å². The van der Waals surface area contributed by atoms with Gasteiger partial charge in [-0.2, -0.15) is 0 Å². The van der Waals surface area contributed by atoms with Crippen molar-refractivity contribution in [3.63, 3.8) is 0 Å².